The average Bonchev–Trinajstić information content (AvgIpc) is 3.46. The summed E-state index contributed by atoms with van der Waals surface area (Å²) < 4.78 is 2.52. The molecule has 1 aromatic heterocycles. The number of nitrogens with zero attached hydrogens (tertiary/aromatic N) is 1. The first kappa shape index (κ1) is 25.1. The SMILES string of the molecule is c1ccc(-c2ccc3c(c2)C2(c4cc(-c5ccccc5)ccc4S3)c3ccccc3-n3c4ccccc4c4cccc2c43)cc1. The van der Waals surface area contributed by atoms with Crippen LogP contribution in [0.3, 0.4) is 0 Å². The van der Waals surface area contributed by atoms with Crippen molar-refractivity contribution >= 4 is 33.6 Å². The Morgan fingerprint density at radius 1 is 0.400 bits per heavy atom. The van der Waals surface area contributed by atoms with E-state index in [-0.39, 0.29) is 0 Å². The Morgan fingerprint density at radius 3 is 1.64 bits per heavy atom. The van der Waals surface area contributed by atoms with E-state index in [0.717, 1.165) is 0 Å². The number of aromatic nitrogens is 1. The highest BCUT2D eigenvalue weighted by atomic mass is 32.2. The van der Waals surface area contributed by atoms with Crippen LogP contribution >= 0.6 is 11.8 Å². The topological polar surface area (TPSA) is 4.93 Å². The molecule has 3 heterocycles. The summed E-state index contributed by atoms with van der Waals surface area (Å²) in [5.74, 6) is 0. The lowest BCUT2D eigenvalue weighted by molar-refractivity contribution is 0.690. The number of hydrogen-bond donors (Lipinski definition) is 0. The van der Waals surface area contributed by atoms with Gasteiger partial charge in [-0.1, -0.05) is 139 Å². The zero-order chi connectivity index (χ0) is 29.5. The molecule has 8 aromatic rings. The summed E-state index contributed by atoms with van der Waals surface area (Å²) in [4.78, 5) is 2.62. The second-order valence-corrected chi connectivity index (χ2v) is 13.2. The molecule has 1 nitrogen and oxygen atoms in total. The van der Waals surface area contributed by atoms with Crippen LogP contribution in [-0.4, -0.2) is 4.57 Å². The number of para-hydroxylation sites is 3. The number of hydrogen-bond acceptors (Lipinski definition) is 1. The van der Waals surface area contributed by atoms with Crippen molar-refractivity contribution < 1.29 is 0 Å². The molecule has 0 unspecified atom stereocenters. The van der Waals surface area contributed by atoms with Gasteiger partial charge in [-0.15, -0.1) is 0 Å². The lowest BCUT2D eigenvalue weighted by Gasteiger charge is -2.45. The van der Waals surface area contributed by atoms with E-state index in [4.69, 9.17) is 0 Å². The Morgan fingerprint density at radius 2 is 0.956 bits per heavy atom. The molecule has 10 rings (SSSR count). The van der Waals surface area contributed by atoms with Crippen molar-refractivity contribution in [2.45, 2.75) is 15.2 Å². The fraction of sp³-hybridized carbons (Fsp3) is 0.0233. The second-order valence-electron chi connectivity index (χ2n) is 12.1. The van der Waals surface area contributed by atoms with Crippen LogP contribution in [0.25, 0.3) is 49.7 Å². The molecule has 45 heavy (non-hydrogen) atoms. The summed E-state index contributed by atoms with van der Waals surface area (Å²) in [6.07, 6.45) is 0. The molecule has 0 saturated heterocycles. The molecule has 0 atom stereocenters. The van der Waals surface area contributed by atoms with Crippen molar-refractivity contribution in [2.24, 2.45) is 0 Å². The number of benzene rings is 7. The smallest absolute Gasteiger partial charge is 0.0764 e. The molecule has 2 heteroatoms. The van der Waals surface area contributed by atoms with Gasteiger partial charge < -0.3 is 4.57 Å². The van der Waals surface area contributed by atoms with Gasteiger partial charge in [-0.05, 0) is 80.9 Å². The van der Waals surface area contributed by atoms with E-state index >= 15 is 0 Å². The average molecular weight is 590 g/mol. The summed E-state index contributed by atoms with van der Waals surface area (Å²) in [6, 6.07) is 60.8. The van der Waals surface area contributed by atoms with E-state index in [0.29, 0.717) is 0 Å². The highest BCUT2D eigenvalue weighted by molar-refractivity contribution is 7.99. The van der Waals surface area contributed by atoms with Crippen LogP contribution in [0.2, 0.25) is 0 Å². The van der Waals surface area contributed by atoms with E-state index in [1.165, 1.54) is 81.8 Å². The van der Waals surface area contributed by atoms with Crippen molar-refractivity contribution in [3.63, 3.8) is 0 Å². The third-order valence-corrected chi connectivity index (χ3v) is 11.0. The molecular weight excluding hydrogens is 563 g/mol. The minimum absolute atomic E-state index is 0.508. The Kier molecular flexibility index (Phi) is 5.20. The van der Waals surface area contributed by atoms with Crippen molar-refractivity contribution in [3.8, 4) is 27.9 Å². The Hall–Kier alpha value is -5.31. The van der Waals surface area contributed by atoms with E-state index in [1.807, 2.05) is 11.8 Å². The van der Waals surface area contributed by atoms with Crippen LogP contribution in [0.4, 0.5) is 0 Å². The molecule has 0 fully saturated rings. The van der Waals surface area contributed by atoms with Crippen LogP contribution in [0.1, 0.15) is 22.3 Å². The van der Waals surface area contributed by atoms with E-state index in [2.05, 4.69) is 168 Å². The largest absolute Gasteiger partial charge is 0.309 e. The summed E-state index contributed by atoms with van der Waals surface area (Å²) in [5, 5.41) is 2.60. The fourth-order valence-corrected chi connectivity index (χ4v) is 9.14. The van der Waals surface area contributed by atoms with Crippen molar-refractivity contribution in [1.29, 1.82) is 0 Å². The molecule has 210 valence electrons. The number of rotatable bonds is 2. The third kappa shape index (κ3) is 3.35. The molecule has 2 aliphatic rings. The van der Waals surface area contributed by atoms with Gasteiger partial charge >= 0.3 is 0 Å². The van der Waals surface area contributed by atoms with Gasteiger partial charge in [-0.2, -0.15) is 0 Å². The van der Waals surface area contributed by atoms with E-state index in [9.17, 15) is 0 Å². The Balaban J connectivity index is 1.41. The summed E-state index contributed by atoms with van der Waals surface area (Å²) in [7, 11) is 0. The van der Waals surface area contributed by atoms with Gasteiger partial charge in [0.1, 0.15) is 0 Å². The fourth-order valence-electron chi connectivity index (χ4n) is 7.99. The van der Waals surface area contributed by atoms with Crippen LogP contribution in [-0.2, 0) is 5.41 Å². The molecule has 1 spiro atoms. The van der Waals surface area contributed by atoms with Gasteiger partial charge in [0.05, 0.1) is 22.1 Å². The van der Waals surface area contributed by atoms with Crippen molar-refractivity contribution in [2.75, 3.05) is 0 Å². The maximum Gasteiger partial charge on any atom is 0.0764 e. The maximum absolute atomic E-state index is 2.52. The predicted molar refractivity (Wildman–Crippen MR) is 188 cm³/mol. The minimum atomic E-state index is -0.508. The number of fused-ring (bicyclic) bond motifs is 11. The van der Waals surface area contributed by atoms with Gasteiger partial charge in [0.15, 0.2) is 0 Å². The lowest BCUT2D eigenvalue weighted by atomic mass is 9.62. The zero-order valence-electron chi connectivity index (χ0n) is 24.4. The molecule has 7 aromatic carbocycles. The van der Waals surface area contributed by atoms with Crippen LogP contribution in [0.15, 0.2) is 174 Å². The highest BCUT2D eigenvalue weighted by Crippen LogP contribution is 2.61. The van der Waals surface area contributed by atoms with Gasteiger partial charge in [-0.25, -0.2) is 0 Å². The monoisotopic (exact) mass is 589 g/mol. The third-order valence-electron chi connectivity index (χ3n) is 9.85. The Labute approximate surface area is 266 Å². The van der Waals surface area contributed by atoms with Crippen molar-refractivity contribution in [3.05, 3.63) is 186 Å². The molecular formula is C43H27NS. The van der Waals surface area contributed by atoms with Gasteiger partial charge in [0.2, 0.25) is 0 Å². The first-order valence-electron chi connectivity index (χ1n) is 15.5. The first-order chi connectivity index (χ1) is 22.3. The molecule has 0 aliphatic carbocycles. The Bertz CT molecular complexity index is 2360. The molecule has 0 amide bonds. The standard InChI is InChI=1S/C43H27NS/c1-3-12-28(13-4-1)30-22-24-40-36(26-30)43(37-27-31(23-25-41(37)45-40)29-14-5-2-6-15-29)34-18-8-10-21-39(34)44-38-20-9-7-16-32(38)33-17-11-19-35(43)42(33)44/h1-27H. The van der Waals surface area contributed by atoms with Crippen molar-refractivity contribution in [1.82, 2.24) is 4.57 Å². The van der Waals surface area contributed by atoms with Crippen LogP contribution in [0.5, 0.6) is 0 Å². The summed E-state index contributed by atoms with van der Waals surface area (Å²) >= 11 is 1.90. The minimum Gasteiger partial charge on any atom is -0.309 e. The first-order valence-corrected chi connectivity index (χ1v) is 16.3. The highest BCUT2D eigenvalue weighted by Gasteiger charge is 2.49. The predicted octanol–water partition coefficient (Wildman–Crippen LogP) is 11.3. The quantitative estimate of drug-likeness (QED) is 0.194. The van der Waals surface area contributed by atoms with E-state index < -0.39 is 5.41 Å². The molecule has 0 radical (unpaired) electrons. The lowest BCUT2D eigenvalue weighted by Crippen LogP contribution is -2.37. The molecule has 0 N–H and O–H groups in total. The van der Waals surface area contributed by atoms with Gasteiger partial charge in [0, 0.05) is 20.6 Å². The summed E-state index contributed by atoms with van der Waals surface area (Å²) in [6.45, 7) is 0. The molecule has 0 saturated carbocycles. The van der Waals surface area contributed by atoms with Gasteiger partial charge in [-0.3, -0.25) is 0 Å². The zero-order valence-corrected chi connectivity index (χ0v) is 25.3. The maximum atomic E-state index is 2.52. The van der Waals surface area contributed by atoms with E-state index in [1.54, 1.807) is 0 Å². The summed E-state index contributed by atoms with van der Waals surface area (Å²) in [5.41, 5.74) is 13.6. The van der Waals surface area contributed by atoms with Gasteiger partial charge in [0.25, 0.3) is 0 Å². The normalized spacial score (nSPS) is 13.9. The molecule has 0 bridgehead atoms. The van der Waals surface area contributed by atoms with Crippen LogP contribution < -0.4 is 0 Å². The second kappa shape index (κ2) is 9.34. The molecule has 2 aliphatic heterocycles. The van der Waals surface area contributed by atoms with Crippen LogP contribution in [0, 0.1) is 0 Å².